The van der Waals surface area contributed by atoms with Crippen molar-refractivity contribution in [1.29, 1.82) is 0 Å². The first-order chi connectivity index (χ1) is 9.97. The Morgan fingerprint density at radius 1 is 1.43 bits per heavy atom. The van der Waals surface area contributed by atoms with Crippen LogP contribution < -0.4 is 5.32 Å². The minimum atomic E-state index is -0.736. The van der Waals surface area contributed by atoms with Gasteiger partial charge in [0.15, 0.2) is 0 Å². The molecule has 0 radical (unpaired) electrons. The quantitative estimate of drug-likeness (QED) is 0.852. The topological polar surface area (TPSA) is 87.5 Å². The van der Waals surface area contributed by atoms with Crippen molar-refractivity contribution >= 4 is 17.7 Å². The summed E-state index contributed by atoms with van der Waals surface area (Å²) in [6, 6.07) is 1.95. The predicted octanol–water partition coefficient (Wildman–Crippen LogP) is 1.20. The number of amides is 1. The van der Waals surface area contributed by atoms with Gasteiger partial charge in [0.25, 0.3) is 0 Å². The molecule has 116 valence electrons. The number of aliphatic carboxylic acids is 1. The normalized spacial score (nSPS) is 17.1. The molecule has 0 aliphatic carbocycles. The van der Waals surface area contributed by atoms with Crippen LogP contribution in [0, 0.1) is 5.92 Å². The first kappa shape index (κ1) is 15.5. The van der Waals surface area contributed by atoms with E-state index in [1.165, 1.54) is 0 Å². The lowest BCUT2D eigenvalue weighted by atomic mass is 9.97. The number of nitrogens with one attached hydrogen (secondary N) is 1. The number of carboxylic acids is 1. The summed E-state index contributed by atoms with van der Waals surface area (Å²) >= 11 is 0. The molecule has 0 saturated carbocycles. The highest BCUT2D eigenvalue weighted by atomic mass is 16.4. The number of carbonyl (C=O) groups is 2. The Morgan fingerprint density at radius 2 is 2.10 bits per heavy atom. The summed E-state index contributed by atoms with van der Waals surface area (Å²) in [6.45, 7) is 5.58. The van der Waals surface area contributed by atoms with E-state index in [1.54, 1.807) is 16.9 Å². The van der Waals surface area contributed by atoms with E-state index in [9.17, 15) is 9.59 Å². The number of carbonyl (C=O) groups excluding carboxylic acids is 1. The predicted molar refractivity (Wildman–Crippen MR) is 78.0 cm³/mol. The van der Waals surface area contributed by atoms with E-state index in [0.29, 0.717) is 31.7 Å². The van der Waals surface area contributed by atoms with Crippen LogP contribution in [0.1, 0.15) is 32.7 Å². The summed E-state index contributed by atoms with van der Waals surface area (Å²) in [5, 5.41) is 16.0. The van der Waals surface area contributed by atoms with Crippen LogP contribution in [0.2, 0.25) is 0 Å². The number of aromatic nitrogens is 2. The van der Waals surface area contributed by atoms with Crippen molar-refractivity contribution in [2.75, 3.05) is 25.0 Å². The first-order valence-electron chi connectivity index (χ1n) is 7.26. The zero-order valence-corrected chi connectivity index (χ0v) is 12.5. The van der Waals surface area contributed by atoms with Crippen molar-refractivity contribution in [2.24, 2.45) is 5.92 Å². The maximum Gasteiger partial charge on any atom is 0.306 e. The minimum absolute atomic E-state index is 0.0915. The lowest BCUT2D eigenvalue weighted by Gasteiger charge is -2.29. The Labute approximate surface area is 123 Å². The van der Waals surface area contributed by atoms with Gasteiger partial charge in [0.05, 0.1) is 18.7 Å². The third-order valence-electron chi connectivity index (χ3n) is 3.73. The van der Waals surface area contributed by atoms with Gasteiger partial charge in [-0.3, -0.25) is 14.5 Å². The van der Waals surface area contributed by atoms with Crippen molar-refractivity contribution < 1.29 is 14.7 Å². The maximum absolute atomic E-state index is 12.1. The second kappa shape index (κ2) is 6.71. The Balaban J connectivity index is 1.83. The maximum atomic E-state index is 12.1. The van der Waals surface area contributed by atoms with E-state index in [1.807, 2.05) is 18.7 Å². The smallest absolute Gasteiger partial charge is 0.306 e. The van der Waals surface area contributed by atoms with Crippen LogP contribution in [0.25, 0.3) is 0 Å². The Hall–Kier alpha value is -1.89. The average molecular weight is 294 g/mol. The van der Waals surface area contributed by atoms with Gasteiger partial charge >= 0.3 is 5.97 Å². The molecule has 1 amide bonds. The molecule has 1 saturated heterocycles. The summed E-state index contributed by atoms with van der Waals surface area (Å²) in [4.78, 5) is 24.9. The average Bonchev–Trinajstić information content (AvgIpc) is 2.87. The molecule has 1 aromatic heterocycles. The van der Waals surface area contributed by atoms with E-state index in [-0.39, 0.29) is 24.4 Å². The summed E-state index contributed by atoms with van der Waals surface area (Å²) in [7, 11) is 0. The largest absolute Gasteiger partial charge is 0.481 e. The number of nitrogens with zero attached hydrogens (tertiary/aromatic N) is 3. The molecule has 0 atom stereocenters. The molecular weight excluding hydrogens is 272 g/mol. The van der Waals surface area contributed by atoms with Crippen LogP contribution in [-0.2, 0) is 9.59 Å². The lowest BCUT2D eigenvalue weighted by Crippen LogP contribution is -2.40. The van der Waals surface area contributed by atoms with Gasteiger partial charge < -0.3 is 10.4 Å². The van der Waals surface area contributed by atoms with Crippen molar-refractivity contribution in [3.63, 3.8) is 0 Å². The van der Waals surface area contributed by atoms with Gasteiger partial charge in [-0.05, 0) is 39.8 Å². The highest BCUT2D eigenvalue weighted by Gasteiger charge is 2.25. The molecule has 0 aromatic carbocycles. The lowest BCUT2D eigenvalue weighted by molar-refractivity contribution is -0.143. The Morgan fingerprint density at radius 3 is 2.67 bits per heavy atom. The van der Waals surface area contributed by atoms with Crippen LogP contribution in [0.15, 0.2) is 12.3 Å². The van der Waals surface area contributed by atoms with Crippen molar-refractivity contribution in [1.82, 2.24) is 14.7 Å². The molecule has 0 spiro atoms. The van der Waals surface area contributed by atoms with Crippen LogP contribution in [-0.4, -0.2) is 51.3 Å². The minimum Gasteiger partial charge on any atom is -0.481 e. The molecule has 7 nitrogen and oxygen atoms in total. The summed E-state index contributed by atoms with van der Waals surface area (Å²) in [5.41, 5.74) is 0. The van der Waals surface area contributed by atoms with E-state index < -0.39 is 5.97 Å². The van der Waals surface area contributed by atoms with E-state index >= 15 is 0 Å². The SMILES string of the molecule is CC(C)n1nccc1NC(=O)CN1CCC(C(=O)O)CC1. The Bertz CT molecular complexity index is 504. The highest BCUT2D eigenvalue weighted by molar-refractivity contribution is 5.91. The number of anilines is 1. The standard InChI is InChI=1S/C14H22N4O3/c1-10(2)18-12(3-6-15-18)16-13(19)9-17-7-4-11(5-8-17)14(20)21/h3,6,10-11H,4-5,7-9H2,1-2H3,(H,16,19)(H,20,21). The first-order valence-corrected chi connectivity index (χ1v) is 7.26. The fourth-order valence-corrected chi connectivity index (χ4v) is 2.55. The summed E-state index contributed by atoms with van der Waals surface area (Å²) in [6.07, 6.45) is 2.87. The Kier molecular flexibility index (Phi) is 4.95. The molecule has 21 heavy (non-hydrogen) atoms. The summed E-state index contributed by atoms with van der Waals surface area (Å²) < 4.78 is 1.76. The molecule has 7 heteroatoms. The third kappa shape index (κ3) is 4.04. The van der Waals surface area contributed by atoms with Crippen molar-refractivity contribution in [3.8, 4) is 0 Å². The zero-order valence-electron chi connectivity index (χ0n) is 12.5. The second-order valence-corrected chi connectivity index (χ2v) is 5.69. The van der Waals surface area contributed by atoms with Crippen molar-refractivity contribution in [3.05, 3.63) is 12.3 Å². The molecular formula is C14H22N4O3. The zero-order chi connectivity index (χ0) is 15.4. The molecule has 0 unspecified atom stereocenters. The number of hydrogen-bond donors (Lipinski definition) is 2. The van der Waals surface area contributed by atoms with E-state index in [2.05, 4.69) is 10.4 Å². The van der Waals surface area contributed by atoms with Gasteiger partial charge in [-0.1, -0.05) is 0 Å². The molecule has 1 aromatic rings. The molecule has 1 aliphatic heterocycles. The molecule has 0 bridgehead atoms. The van der Waals surface area contributed by atoms with Crippen LogP contribution in [0.4, 0.5) is 5.82 Å². The number of hydrogen-bond acceptors (Lipinski definition) is 4. The number of carboxylic acid groups (broad SMARTS) is 1. The van der Waals surface area contributed by atoms with Gasteiger partial charge in [-0.2, -0.15) is 5.10 Å². The van der Waals surface area contributed by atoms with Crippen LogP contribution in [0.5, 0.6) is 0 Å². The number of piperidine rings is 1. The molecule has 1 fully saturated rings. The van der Waals surface area contributed by atoms with Crippen LogP contribution in [0.3, 0.4) is 0 Å². The van der Waals surface area contributed by atoms with Gasteiger partial charge in [-0.25, -0.2) is 4.68 Å². The van der Waals surface area contributed by atoms with E-state index in [0.717, 1.165) is 0 Å². The van der Waals surface area contributed by atoms with Gasteiger partial charge in [0.1, 0.15) is 5.82 Å². The van der Waals surface area contributed by atoms with Crippen molar-refractivity contribution in [2.45, 2.75) is 32.7 Å². The highest BCUT2D eigenvalue weighted by Crippen LogP contribution is 2.17. The molecule has 2 heterocycles. The molecule has 2 N–H and O–H groups in total. The van der Waals surface area contributed by atoms with Gasteiger partial charge in [0.2, 0.25) is 5.91 Å². The fourth-order valence-electron chi connectivity index (χ4n) is 2.55. The van der Waals surface area contributed by atoms with Gasteiger partial charge in [-0.15, -0.1) is 0 Å². The molecule has 1 aliphatic rings. The van der Waals surface area contributed by atoms with Crippen LogP contribution >= 0.6 is 0 Å². The van der Waals surface area contributed by atoms with Gasteiger partial charge in [0, 0.05) is 12.1 Å². The number of likely N-dealkylation sites (tertiary alicyclic amines) is 1. The van der Waals surface area contributed by atoms with E-state index in [4.69, 9.17) is 5.11 Å². The fraction of sp³-hybridized carbons (Fsp3) is 0.643. The third-order valence-corrected chi connectivity index (χ3v) is 3.73. The molecule has 2 rings (SSSR count). The number of rotatable bonds is 5. The summed E-state index contributed by atoms with van der Waals surface area (Å²) in [5.74, 6) is -0.409. The second-order valence-electron chi connectivity index (χ2n) is 5.69. The monoisotopic (exact) mass is 294 g/mol.